The van der Waals surface area contributed by atoms with Gasteiger partial charge >= 0.3 is 0 Å². The molecule has 2 fully saturated rings. The molecule has 0 bridgehead atoms. The van der Waals surface area contributed by atoms with Crippen LogP contribution in [0, 0.1) is 11.3 Å². The molecule has 3 N–H and O–H groups in total. The summed E-state index contributed by atoms with van der Waals surface area (Å²) < 4.78 is 0. The molecule has 0 atom stereocenters. The van der Waals surface area contributed by atoms with Gasteiger partial charge in [0.25, 0.3) is 0 Å². The minimum atomic E-state index is 0.368. The lowest BCUT2D eigenvalue weighted by Gasteiger charge is -2.22. The molecule has 1 aliphatic heterocycles. The van der Waals surface area contributed by atoms with Crippen molar-refractivity contribution in [2.75, 3.05) is 5.32 Å². The summed E-state index contributed by atoms with van der Waals surface area (Å²) in [4.78, 5) is 9.41. The number of nitriles is 1. The topological polar surface area (TPSA) is 85.1 Å². The molecule has 26 heavy (non-hydrogen) atoms. The maximum Gasteiger partial charge on any atom is 0.200 e. The van der Waals surface area contributed by atoms with Gasteiger partial charge in [0.15, 0.2) is 5.96 Å². The normalized spacial score (nSPS) is 23.7. The molecule has 0 aromatic carbocycles. The first kappa shape index (κ1) is 16.6. The van der Waals surface area contributed by atoms with Crippen LogP contribution in [0.2, 0.25) is 0 Å². The molecule has 1 aromatic rings. The van der Waals surface area contributed by atoms with E-state index in [0.717, 1.165) is 35.9 Å². The van der Waals surface area contributed by atoms with Gasteiger partial charge in [-0.3, -0.25) is 0 Å². The molecule has 3 aliphatic rings. The Labute approximate surface area is 154 Å². The highest BCUT2D eigenvalue weighted by atomic mass is 15.2. The molecular formula is C20H24N6. The molecule has 134 valence electrons. The Hall–Kier alpha value is -2.81. The van der Waals surface area contributed by atoms with E-state index in [1.165, 1.54) is 25.7 Å². The van der Waals surface area contributed by atoms with Crippen molar-refractivity contribution in [3.63, 3.8) is 0 Å². The highest BCUT2D eigenvalue weighted by molar-refractivity contribution is 5.91. The van der Waals surface area contributed by atoms with Gasteiger partial charge in [-0.2, -0.15) is 5.26 Å². The van der Waals surface area contributed by atoms with Gasteiger partial charge in [-0.1, -0.05) is 18.9 Å². The second-order valence-electron chi connectivity index (χ2n) is 7.20. The zero-order valence-electron chi connectivity index (χ0n) is 15.0. The van der Waals surface area contributed by atoms with Gasteiger partial charge in [0.05, 0.1) is 17.4 Å². The lowest BCUT2D eigenvalue weighted by Crippen LogP contribution is -2.39. The van der Waals surface area contributed by atoms with Gasteiger partial charge in [0, 0.05) is 12.2 Å². The van der Waals surface area contributed by atoms with E-state index in [0.29, 0.717) is 23.4 Å². The predicted molar refractivity (Wildman–Crippen MR) is 103 cm³/mol. The molecule has 0 radical (unpaired) electrons. The third-order valence-corrected chi connectivity index (χ3v) is 5.00. The number of anilines is 1. The van der Waals surface area contributed by atoms with Gasteiger partial charge in [-0.15, -0.1) is 0 Å². The zero-order chi connectivity index (χ0) is 17.9. The van der Waals surface area contributed by atoms with Crippen molar-refractivity contribution in [3.8, 4) is 6.07 Å². The Kier molecular flexibility index (Phi) is 4.61. The van der Waals surface area contributed by atoms with E-state index in [-0.39, 0.29) is 0 Å². The molecule has 0 unspecified atom stereocenters. The summed E-state index contributed by atoms with van der Waals surface area (Å²) in [7, 11) is 0. The second-order valence-corrected chi connectivity index (χ2v) is 7.20. The second kappa shape index (κ2) is 7.20. The summed E-state index contributed by atoms with van der Waals surface area (Å²) in [6, 6.07) is 9.01. The predicted octanol–water partition coefficient (Wildman–Crippen LogP) is 3.29. The zero-order valence-corrected chi connectivity index (χ0v) is 15.0. The van der Waals surface area contributed by atoms with Crippen molar-refractivity contribution in [2.24, 2.45) is 4.99 Å². The monoisotopic (exact) mass is 348 g/mol. The highest BCUT2D eigenvalue weighted by Crippen LogP contribution is 2.26. The highest BCUT2D eigenvalue weighted by Gasteiger charge is 2.23. The van der Waals surface area contributed by atoms with Crippen molar-refractivity contribution in [3.05, 3.63) is 41.4 Å². The summed E-state index contributed by atoms with van der Waals surface area (Å²) in [6.07, 6.45) is 9.04. The molecule has 0 spiro atoms. The molecule has 6 nitrogen and oxygen atoms in total. The maximum atomic E-state index is 9.81. The Balaban J connectivity index is 1.64. The van der Waals surface area contributed by atoms with Crippen LogP contribution in [-0.4, -0.2) is 23.0 Å². The molecule has 0 amide bonds. The Morgan fingerprint density at radius 2 is 2.08 bits per heavy atom. The lowest BCUT2D eigenvalue weighted by molar-refractivity contribution is 0.696. The van der Waals surface area contributed by atoms with Gasteiger partial charge in [-0.05, 0) is 50.3 Å². The van der Waals surface area contributed by atoms with E-state index in [4.69, 9.17) is 4.99 Å². The van der Waals surface area contributed by atoms with Crippen molar-refractivity contribution in [1.82, 2.24) is 15.6 Å². The smallest absolute Gasteiger partial charge is 0.200 e. The third kappa shape index (κ3) is 3.72. The van der Waals surface area contributed by atoms with Crippen molar-refractivity contribution in [2.45, 2.75) is 57.5 Å². The number of allylic oxidation sites excluding steroid dienone is 2. The molecule has 2 saturated carbocycles. The number of hydrogen-bond acceptors (Lipinski definition) is 4. The van der Waals surface area contributed by atoms with Gasteiger partial charge in [0.1, 0.15) is 17.5 Å². The van der Waals surface area contributed by atoms with Gasteiger partial charge in [-0.25, -0.2) is 9.98 Å². The number of nitrogens with zero attached hydrogens (tertiary/aromatic N) is 3. The molecule has 1 aromatic heterocycles. The van der Waals surface area contributed by atoms with Crippen molar-refractivity contribution >= 4 is 17.4 Å². The average molecular weight is 348 g/mol. The van der Waals surface area contributed by atoms with Crippen LogP contribution in [0.1, 0.15) is 51.1 Å². The Morgan fingerprint density at radius 3 is 2.81 bits per heavy atom. The standard InChI is InChI=1S/C20H24N6/c1-13-12-22-20(24-14-5-2-3-6-14)26-19(13)16(11-21)17-7-4-8-18(25-17)23-15-9-10-15/h4,7-8,12,14-15H,2-3,5-6,9-10H2,1H3,(H,23,25)(H2,22,24,26)/b19-16-. The van der Waals surface area contributed by atoms with Crippen LogP contribution in [0.3, 0.4) is 0 Å². The summed E-state index contributed by atoms with van der Waals surface area (Å²) >= 11 is 0. The summed E-state index contributed by atoms with van der Waals surface area (Å²) in [5.74, 6) is 1.55. The quantitative estimate of drug-likeness (QED) is 0.727. The number of aliphatic imine (C=N–C) groups is 1. The molecule has 4 rings (SSSR count). The first-order chi connectivity index (χ1) is 12.7. The van der Waals surface area contributed by atoms with E-state index in [9.17, 15) is 5.26 Å². The van der Waals surface area contributed by atoms with Crippen molar-refractivity contribution < 1.29 is 0 Å². The first-order valence-corrected chi connectivity index (χ1v) is 9.40. The fourth-order valence-electron chi connectivity index (χ4n) is 3.38. The average Bonchev–Trinajstić information content (AvgIpc) is 3.31. The fraction of sp³-hybridized carbons (Fsp3) is 0.450. The summed E-state index contributed by atoms with van der Waals surface area (Å²) in [6.45, 7) is 1.98. The minimum absolute atomic E-state index is 0.368. The SMILES string of the molecule is CC1=CNC(=NC2CCCC2)N/C1=C(/C#N)c1cccc(NC2CC2)n1. The van der Waals surface area contributed by atoms with Crippen LogP contribution in [0.4, 0.5) is 5.82 Å². The maximum absolute atomic E-state index is 9.81. The fourth-order valence-corrected chi connectivity index (χ4v) is 3.38. The number of aromatic nitrogens is 1. The van der Waals surface area contributed by atoms with E-state index in [2.05, 4.69) is 27.0 Å². The van der Waals surface area contributed by atoms with Crippen LogP contribution in [-0.2, 0) is 0 Å². The lowest BCUT2D eigenvalue weighted by atomic mass is 10.0. The number of rotatable bonds is 4. The van der Waals surface area contributed by atoms with E-state index in [1.54, 1.807) is 0 Å². The van der Waals surface area contributed by atoms with Crippen LogP contribution in [0.5, 0.6) is 0 Å². The number of hydrogen-bond donors (Lipinski definition) is 3. The van der Waals surface area contributed by atoms with E-state index in [1.807, 2.05) is 31.3 Å². The third-order valence-electron chi connectivity index (χ3n) is 5.00. The molecular weight excluding hydrogens is 324 g/mol. The Bertz CT molecular complexity index is 819. The molecule has 2 heterocycles. The minimum Gasteiger partial charge on any atom is -0.367 e. The Morgan fingerprint density at radius 1 is 1.27 bits per heavy atom. The van der Waals surface area contributed by atoms with E-state index < -0.39 is 0 Å². The van der Waals surface area contributed by atoms with Crippen LogP contribution in [0.15, 0.2) is 40.7 Å². The van der Waals surface area contributed by atoms with E-state index >= 15 is 0 Å². The molecule has 0 saturated heterocycles. The van der Waals surface area contributed by atoms with Gasteiger partial charge < -0.3 is 16.0 Å². The molecule has 6 heteroatoms. The number of nitrogens with one attached hydrogen (secondary N) is 3. The summed E-state index contributed by atoms with van der Waals surface area (Å²) in [5.41, 5.74) is 2.96. The molecule has 2 aliphatic carbocycles. The number of guanidine groups is 1. The van der Waals surface area contributed by atoms with Crippen LogP contribution >= 0.6 is 0 Å². The summed E-state index contributed by atoms with van der Waals surface area (Å²) in [5, 5.41) is 19.7. The van der Waals surface area contributed by atoms with Crippen molar-refractivity contribution in [1.29, 1.82) is 5.26 Å². The largest absolute Gasteiger partial charge is 0.367 e. The van der Waals surface area contributed by atoms with Gasteiger partial charge in [0.2, 0.25) is 0 Å². The number of pyridine rings is 1. The van der Waals surface area contributed by atoms with Crippen LogP contribution in [0.25, 0.3) is 5.57 Å². The first-order valence-electron chi connectivity index (χ1n) is 9.40. The van der Waals surface area contributed by atoms with Crippen LogP contribution < -0.4 is 16.0 Å².